The highest BCUT2D eigenvalue weighted by Crippen LogP contribution is 2.03. The first-order chi connectivity index (χ1) is 8.08. The Kier molecular flexibility index (Phi) is 6.19. The lowest BCUT2D eigenvalue weighted by Crippen LogP contribution is -2.43. The molecule has 3 nitrogen and oxygen atoms in total. The number of hydrazine groups is 1. The van der Waals surface area contributed by atoms with Gasteiger partial charge >= 0.3 is 0 Å². The first-order valence-electron chi connectivity index (χ1n) is 6.28. The molecule has 0 fully saturated rings. The van der Waals surface area contributed by atoms with E-state index in [0.29, 0.717) is 12.5 Å². The Balaban J connectivity index is 2.51. The summed E-state index contributed by atoms with van der Waals surface area (Å²) in [5, 5.41) is 11.6. The molecule has 1 aromatic rings. The molecule has 0 aliphatic rings. The molecule has 0 amide bonds. The summed E-state index contributed by atoms with van der Waals surface area (Å²) in [6.45, 7) is 8.56. The summed E-state index contributed by atoms with van der Waals surface area (Å²) in [5.74, 6) is 0.599. The topological polar surface area (TPSA) is 35.5 Å². The monoisotopic (exact) mass is 236 g/mol. The van der Waals surface area contributed by atoms with Gasteiger partial charge in [-0.2, -0.15) is 0 Å². The van der Waals surface area contributed by atoms with Gasteiger partial charge in [-0.1, -0.05) is 44.2 Å². The molecule has 0 spiro atoms. The Morgan fingerprint density at radius 1 is 1.18 bits per heavy atom. The van der Waals surface area contributed by atoms with Gasteiger partial charge in [0.05, 0.1) is 6.10 Å². The van der Waals surface area contributed by atoms with E-state index in [9.17, 15) is 5.11 Å². The van der Waals surface area contributed by atoms with Gasteiger partial charge in [-0.25, -0.2) is 5.01 Å². The number of aliphatic hydroxyl groups excluding tert-OH is 1. The van der Waals surface area contributed by atoms with Crippen LogP contribution in [-0.2, 0) is 6.54 Å². The lowest BCUT2D eigenvalue weighted by atomic mass is 10.2. The van der Waals surface area contributed by atoms with Crippen LogP contribution >= 0.6 is 0 Å². The van der Waals surface area contributed by atoms with E-state index < -0.39 is 0 Å². The van der Waals surface area contributed by atoms with Crippen molar-refractivity contribution in [1.82, 2.24) is 10.4 Å². The minimum atomic E-state index is -0.321. The van der Waals surface area contributed by atoms with Gasteiger partial charge in [0.1, 0.15) is 0 Å². The fourth-order valence-corrected chi connectivity index (χ4v) is 1.62. The van der Waals surface area contributed by atoms with Crippen LogP contribution in [0.25, 0.3) is 0 Å². The Morgan fingerprint density at radius 2 is 1.82 bits per heavy atom. The summed E-state index contributed by atoms with van der Waals surface area (Å²) in [6, 6.07) is 10.3. The number of benzene rings is 1. The highest BCUT2D eigenvalue weighted by atomic mass is 16.3. The fraction of sp³-hybridized carbons (Fsp3) is 0.571. The highest BCUT2D eigenvalue weighted by Gasteiger charge is 2.09. The summed E-state index contributed by atoms with van der Waals surface area (Å²) in [6.07, 6.45) is -0.321. The van der Waals surface area contributed by atoms with Gasteiger partial charge in [-0.3, -0.25) is 5.43 Å². The van der Waals surface area contributed by atoms with Crippen LogP contribution in [0.3, 0.4) is 0 Å². The Hall–Kier alpha value is -0.900. The van der Waals surface area contributed by atoms with Crippen LogP contribution in [-0.4, -0.2) is 29.3 Å². The lowest BCUT2D eigenvalue weighted by molar-refractivity contribution is 0.0830. The van der Waals surface area contributed by atoms with Crippen molar-refractivity contribution in [2.45, 2.75) is 33.4 Å². The van der Waals surface area contributed by atoms with E-state index in [1.165, 1.54) is 5.56 Å². The van der Waals surface area contributed by atoms with Crippen LogP contribution in [0, 0.1) is 5.92 Å². The molecule has 2 N–H and O–H groups in total. The molecule has 0 bridgehead atoms. The van der Waals surface area contributed by atoms with E-state index in [1.54, 1.807) is 0 Å². The van der Waals surface area contributed by atoms with E-state index in [2.05, 4.69) is 36.4 Å². The molecule has 0 unspecified atom stereocenters. The Labute approximate surface area is 104 Å². The molecular weight excluding hydrogens is 212 g/mol. The van der Waals surface area contributed by atoms with Gasteiger partial charge in [-0.05, 0) is 18.4 Å². The summed E-state index contributed by atoms with van der Waals surface area (Å²) in [5.41, 5.74) is 4.63. The maximum absolute atomic E-state index is 9.48. The van der Waals surface area contributed by atoms with Gasteiger partial charge < -0.3 is 5.11 Å². The lowest BCUT2D eigenvalue weighted by Gasteiger charge is -2.25. The van der Waals surface area contributed by atoms with E-state index in [-0.39, 0.29) is 6.10 Å². The van der Waals surface area contributed by atoms with E-state index in [4.69, 9.17) is 0 Å². The zero-order chi connectivity index (χ0) is 12.7. The summed E-state index contributed by atoms with van der Waals surface area (Å²) in [4.78, 5) is 0. The van der Waals surface area contributed by atoms with E-state index >= 15 is 0 Å². The molecule has 1 atom stereocenters. The molecule has 3 heteroatoms. The first-order valence-corrected chi connectivity index (χ1v) is 6.28. The van der Waals surface area contributed by atoms with Crippen molar-refractivity contribution in [2.75, 3.05) is 13.1 Å². The number of aliphatic hydroxyl groups is 1. The summed E-state index contributed by atoms with van der Waals surface area (Å²) in [7, 11) is 0. The molecule has 0 saturated carbocycles. The van der Waals surface area contributed by atoms with Crippen LogP contribution < -0.4 is 5.43 Å². The van der Waals surface area contributed by atoms with Crippen molar-refractivity contribution in [3.8, 4) is 0 Å². The Morgan fingerprint density at radius 3 is 2.35 bits per heavy atom. The molecule has 0 aliphatic carbocycles. The third-order valence-corrected chi connectivity index (χ3v) is 2.42. The minimum Gasteiger partial charge on any atom is -0.392 e. The minimum absolute atomic E-state index is 0.321. The van der Waals surface area contributed by atoms with Crippen molar-refractivity contribution in [1.29, 1.82) is 0 Å². The zero-order valence-corrected chi connectivity index (χ0v) is 11.1. The van der Waals surface area contributed by atoms with Gasteiger partial charge in [0.25, 0.3) is 0 Å². The van der Waals surface area contributed by atoms with Gasteiger partial charge in [0.15, 0.2) is 0 Å². The number of nitrogens with one attached hydrogen (secondary N) is 1. The third-order valence-electron chi connectivity index (χ3n) is 2.42. The Bertz CT molecular complexity index is 298. The molecule has 1 rings (SSSR count). The van der Waals surface area contributed by atoms with Crippen molar-refractivity contribution in [2.24, 2.45) is 5.92 Å². The maximum Gasteiger partial charge on any atom is 0.0653 e. The second kappa shape index (κ2) is 7.43. The standard InChI is InChI=1S/C14H24N2O/c1-12(2)9-15-16(10-13(3)17)11-14-7-5-4-6-8-14/h4-8,12-13,15,17H,9-11H2,1-3H3/t13-/m1/s1. The van der Waals surface area contributed by atoms with Crippen molar-refractivity contribution in [3.63, 3.8) is 0 Å². The number of hydrogen-bond acceptors (Lipinski definition) is 3. The maximum atomic E-state index is 9.48. The van der Waals surface area contributed by atoms with Gasteiger partial charge in [0, 0.05) is 19.6 Å². The second-order valence-electron chi connectivity index (χ2n) is 4.97. The van der Waals surface area contributed by atoms with Crippen LogP contribution in [0.5, 0.6) is 0 Å². The fourth-order valence-electron chi connectivity index (χ4n) is 1.62. The van der Waals surface area contributed by atoms with E-state index in [0.717, 1.165) is 13.1 Å². The van der Waals surface area contributed by atoms with Crippen LogP contribution in [0.1, 0.15) is 26.3 Å². The van der Waals surface area contributed by atoms with Crippen LogP contribution in [0.15, 0.2) is 30.3 Å². The molecule has 1 aromatic carbocycles. The summed E-state index contributed by atoms with van der Waals surface area (Å²) >= 11 is 0. The summed E-state index contributed by atoms with van der Waals surface area (Å²) < 4.78 is 0. The van der Waals surface area contributed by atoms with Gasteiger partial charge in [-0.15, -0.1) is 0 Å². The predicted octanol–water partition coefficient (Wildman–Crippen LogP) is 2.03. The molecule has 0 saturated heterocycles. The van der Waals surface area contributed by atoms with E-state index in [1.807, 2.05) is 25.1 Å². The molecule has 0 heterocycles. The zero-order valence-electron chi connectivity index (χ0n) is 11.1. The van der Waals surface area contributed by atoms with Crippen LogP contribution in [0.4, 0.5) is 0 Å². The number of hydrogen-bond donors (Lipinski definition) is 2. The molecule has 0 aromatic heterocycles. The molecule has 17 heavy (non-hydrogen) atoms. The highest BCUT2D eigenvalue weighted by molar-refractivity contribution is 5.14. The molecular formula is C14H24N2O. The predicted molar refractivity (Wildman–Crippen MR) is 71.4 cm³/mol. The second-order valence-corrected chi connectivity index (χ2v) is 4.97. The normalized spacial score (nSPS) is 13.3. The number of nitrogens with zero attached hydrogens (tertiary/aromatic N) is 1. The van der Waals surface area contributed by atoms with Gasteiger partial charge in [0.2, 0.25) is 0 Å². The largest absolute Gasteiger partial charge is 0.392 e. The SMILES string of the molecule is CC(C)CNN(Cc1ccccc1)C[C@@H](C)O. The van der Waals surface area contributed by atoms with Crippen molar-refractivity contribution < 1.29 is 5.11 Å². The molecule has 0 aliphatic heterocycles. The average Bonchev–Trinajstić information content (AvgIpc) is 2.26. The quantitative estimate of drug-likeness (QED) is 0.711. The molecule has 96 valence electrons. The van der Waals surface area contributed by atoms with Crippen molar-refractivity contribution in [3.05, 3.63) is 35.9 Å². The smallest absolute Gasteiger partial charge is 0.0653 e. The average molecular weight is 236 g/mol. The molecule has 0 radical (unpaired) electrons. The number of rotatable bonds is 7. The first kappa shape index (κ1) is 14.2. The van der Waals surface area contributed by atoms with Crippen molar-refractivity contribution >= 4 is 0 Å². The van der Waals surface area contributed by atoms with Crippen LogP contribution in [0.2, 0.25) is 0 Å². The third kappa shape index (κ3) is 6.41.